The molecular weight excluding hydrogens is 442 g/mol. The molecule has 1 N–H and O–H groups in total. The Kier molecular flexibility index (Phi) is 6.89. The molecule has 0 atom stereocenters. The molecule has 0 radical (unpaired) electrons. The Morgan fingerprint density at radius 2 is 1.82 bits per heavy atom. The largest absolute Gasteiger partial charge is 0.455 e. The number of amides is 2. The van der Waals surface area contributed by atoms with E-state index in [0.29, 0.717) is 40.6 Å². The van der Waals surface area contributed by atoms with E-state index < -0.39 is 18.5 Å². The van der Waals surface area contributed by atoms with Crippen molar-refractivity contribution in [3.05, 3.63) is 76.8 Å². The van der Waals surface area contributed by atoms with E-state index in [1.54, 1.807) is 58.8 Å². The Morgan fingerprint density at radius 1 is 1.06 bits per heavy atom. The molecule has 1 fully saturated rings. The topological polar surface area (TPSA) is 106 Å². The fourth-order valence-corrected chi connectivity index (χ4v) is 4.29. The third kappa shape index (κ3) is 5.50. The van der Waals surface area contributed by atoms with Gasteiger partial charge in [-0.05, 0) is 18.6 Å². The van der Waals surface area contributed by atoms with Crippen molar-refractivity contribution in [1.29, 1.82) is 0 Å². The van der Waals surface area contributed by atoms with Gasteiger partial charge in [-0.2, -0.15) is 0 Å². The second-order valence-corrected chi connectivity index (χ2v) is 8.23. The van der Waals surface area contributed by atoms with Crippen LogP contribution in [-0.2, 0) is 25.5 Å². The van der Waals surface area contributed by atoms with Gasteiger partial charge < -0.3 is 10.1 Å². The molecular formula is C24H21N3O5S. The summed E-state index contributed by atoms with van der Waals surface area (Å²) >= 11 is 1.30. The van der Waals surface area contributed by atoms with Crippen molar-refractivity contribution in [2.45, 2.75) is 19.3 Å². The van der Waals surface area contributed by atoms with Gasteiger partial charge in [0.1, 0.15) is 0 Å². The molecule has 0 bridgehead atoms. The smallest absolute Gasteiger partial charge is 0.312 e. The average Bonchev–Trinajstić information content (AvgIpc) is 3.46. The molecule has 0 unspecified atom stereocenters. The minimum Gasteiger partial charge on any atom is -0.455 e. The van der Waals surface area contributed by atoms with E-state index in [2.05, 4.69) is 10.3 Å². The van der Waals surface area contributed by atoms with Gasteiger partial charge in [-0.25, -0.2) is 4.98 Å². The minimum absolute atomic E-state index is 0.0289. The highest BCUT2D eigenvalue weighted by molar-refractivity contribution is 7.14. The molecule has 1 aliphatic rings. The molecule has 4 rings (SSSR count). The fourth-order valence-electron chi connectivity index (χ4n) is 3.42. The number of rotatable bonds is 8. The van der Waals surface area contributed by atoms with Gasteiger partial charge in [0.05, 0.1) is 17.8 Å². The number of thiazole rings is 1. The van der Waals surface area contributed by atoms with E-state index >= 15 is 0 Å². The van der Waals surface area contributed by atoms with Crippen molar-refractivity contribution in [2.75, 3.05) is 23.4 Å². The van der Waals surface area contributed by atoms with Crippen LogP contribution in [0.1, 0.15) is 34.5 Å². The van der Waals surface area contributed by atoms with Crippen LogP contribution in [0.2, 0.25) is 0 Å². The number of ketones is 1. The van der Waals surface area contributed by atoms with E-state index in [9.17, 15) is 19.2 Å². The summed E-state index contributed by atoms with van der Waals surface area (Å²) in [6.45, 7) is 0.138. The van der Waals surface area contributed by atoms with E-state index in [1.165, 1.54) is 11.3 Å². The quantitative estimate of drug-likeness (QED) is 0.406. The zero-order chi connectivity index (χ0) is 23.2. The van der Waals surface area contributed by atoms with Gasteiger partial charge in [0.25, 0.3) is 5.91 Å². The Balaban J connectivity index is 1.31. The number of para-hydroxylation sites is 1. The van der Waals surface area contributed by atoms with Crippen LogP contribution < -0.4 is 10.2 Å². The van der Waals surface area contributed by atoms with Crippen molar-refractivity contribution < 1.29 is 23.9 Å². The number of hydrogen-bond acceptors (Lipinski definition) is 7. The van der Waals surface area contributed by atoms with Crippen molar-refractivity contribution in [3.63, 3.8) is 0 Å². The first-order valence-corrected chi connectivity index (χ1v) is 11.3. The molecule has 168 valence electrons. The Hall–Kier alpha value is -3.85. The van der Waals surface area contributed by atoms with Crippen LogP contribution in [0.15, 0.2) is 60.0 Å². The summed E-state index contributed by atoms with van der Waals surface area (Å²) in [6.07, 6.45) is 1.20. The zero-order valence-electron chi connectivity index (χ0n) is 17.7. The lowest BCUT2D eigenvalue weighted by atomic mass is 10.0. The highest BCUT2D eigenvalue weighted by Gasteiger charge is 2.24. The van der Waals surface area contributed by atoms with Crippen molar-refractivity contribution in [3.8, 4) is 0 Å². The van der Waals surface area contributed by atoms with Gasteiger partial charge in [0.15, 0.2) is 17.5 Å². The molecule has 0 saturated carbocycles. The minimum atomic E-state index is -0.608. The van der Waals surface area contributed by atoms with Crippen LogP contribution in [0.25, 0.3) is 0 Å². The van der Waals surface area contributed by atoms with Gasteiger partial charge in [-0.15, -0.1) is 11.3 Å². The predicted octanol–water partition coefficient (Wildman–Crippen LogP) is 3.23. The maximum absolute atomic E-state index is 12.8. The summed E-state index contributed by atoms with van der Waals surface area (Å²) in [5.41, 5.74) is 1.67. The van der Waals surface area contributed by atoms with E-state index in [-0.39, 0.29) is 18.1 Å². The van der Waals surface area contributed by atoms with E-state index in [4.69, 9.17) is 4.74 Å². The first-order valence-electron chi connectivity index (χ1n) is 10.4. The summed E-state index contributed by atoms with van der Waals surface area (Å²) in [4.78, 5) is 55.0. The molecule has 0 aliphatic carbocycles. The highest BCUT2D eigenvalue weighted by Crippen LogP contribution is 2.25. The number of aromatic nitrogens is 1. The number of nitrogens with one attached hydrogen (secondary N) is 1. The van der Waals surface area contributed by atoms with Gasteiger partial charge in [0, 0.05) is 29.5 Å². The second kappa shape index (κ2) is 10.2. The van der Waals surface area contributed by atoms with Crippen LogP contribution in [0.4, 0.5) is 10.8 Å². The summed E-state index contributed by atoms with van der Waals surface area (Å²) in [5, 5.41) is 4.90. The molecule has 1 aliphatic heterocycles. The number of carbonyl (C=O) groups excluding carboxylic acids is 4. The maximum Gasteiger partial charge on any atom is 0.312 e. The zero-order valence-corrected chi connectivity index (χ0v) is 18.5. The van der Waals surface area contributed by atoms with Gasteiger partial charge in [0.2, 0.25) is 5.91 Å². The van der Waals surface area contributed by atoms with Gasteiger partial charge >= 0.3 is 5.97 Å². The summed E-state index contributed by atoms with van der Waals surface area (Å²) in [6, 6.07) is 15.4. The van der Waals surface area contributed by atoms with Crippen molar-refractivity contribution >= 4 is 45.7 Å². The molecule has 1 aromatic heterocycles. The van der Waals surface area contributed by atoms with Crippen molar-refractivity contribution in [2.24, 2.45) is 0 Å². The Bertz CT molecular complexity index is 1190. The number of anilines is 2. The number of hydrogen-bond donors (Lipinski definition) is 1. The van der Waals surface area contributed by atoms with E-state index in [0.717, 1.165) is 6.42 Å². The van der Waals surface area contributed by atoms with Crippen LogP contribution in [0.5, 0.6) is 0 Å². The van der Waals surface area contributed by atoms with Crippen LogP contribution >= 0.6 is 11.3 Å². The van der Waals surface area contributed by atoms with Crippen LogP contribution in [-0.4, -0.2) is 41.7 Å². The lowest BCUT2D eigenvalue weighted by molar-refractivity contribution is -0.146. The van der Waals surface area contributed by atoms with E-state index in [1.807, 2.05) is 6.07 Å². The van der Waals surface area contributed by atoms with Crippen LogP contribution in [0.3, 0.4) is 0 Å². The molecule has 2 amide bonds. The molecule has 2 aromatic carbocycles. The summed E-state index contributed by atoms with van der Waals surface area (Å²) in [7, 11) is 0. The number of ether oxygens (including phenoxy) is 1. The number of benzene rings is 2. The molecule has 2 heterocycles. The molecule has 3 aromatic rings. The average molecular weight is 464 g/mol. The predicted molar refractivity (Wildman–Crippen MR) is 123 cm³/mol. The number of esters is 1. The van der Waals surface area contributed by atoms with Crippen LogP contribution in [0, 0.1) is 0 Å². The molecule has 33 heavy (non-hydrogen) atoms. The molecule has 0 spiro atoms. The Labute approximate surface area is 194 Å². The maximum atomic E-state index is 12.8. The van der Waals surface area contributed by atoms with Gasteiger partial charge in [-0.1, -0.05) is 42.5 Å². The molecule has 8 nitrogen and oxygen atoms in total. The third-order valence-corrected chi connectivity index (χ3v) is 5.93. The molecule has 1 saturated heterocycles. The standard InChI is InChI=1S/C24H21N3O5S/c28-20(26-19-10-5-4-9-18(19)23(31)16-7-2-1-3-8-16)14-32-22(30)13-17-15-33-24(25-17)27-12-6-11-21(27)29/h1-5,7-10,15H,6,11-14H2,(H,26,28). The highest BCUT2D eigenvalue weighted by atomic mass is 32.1. The second-order valence-electron chi connectivity index (χ2n) is 7.40. The fraction of sp³-hybridized carbons (Fsp3) is 0.208. The SMILES string of the molecule is O=C(COC(=O)Cc1csc(N2CCCC2=O)n1)Nc1ccccc1C(=O)c1ccccc1. The summed E-state index contributed by atoms with van der Waals surface area (Å²) < 4.78 is 5.07. The third-order valence-electron chi connectivity index (χ3n) is 5.02. The lowest BCUT2D eigenvalue weighted by Gasteiger charge is -2.11. The first kappa shape index (κ1) is 22.3. The first-order chi connectivity index (χ1) is 16.0. The monoisotopic (exact) mass is 463 g/mol. The normalized spacial score (nSPS) is 13.1. The van der Waals surface area contributed by atoms with Gasteiger partial charge in [-0.3, -0.25) is 24.1 Å². The number of carbonyl (C=O) groups is 4. The molecule has 9 heteroatoms. The number of nitrogens with zero attached hydrogens (tertiary/aromatic N) is 2. The Morgan fingerprint density at radius 3 is 2.58 bits per heavy atom. The van der Waals surface area contributed by atoms with Crippen molar-refractivity contribution in [1.82, 2.24) is 4.98 Å². The summed E-state index contributed by atoms with van der Waals surface area (Å²) in [5.74, 6) is -1.36. The lowest BCUT2D eigenvalue weighted by Crippen LogP contribution is -2.24.